The highest BCUT2D eigenvalue weighted by Gasteiger charge is 2.21. The predicted molar refractivity (Wildman–Crippen MR) is 97.0 cm³/mol. The van der Waals surface area contributed by atoms with Crippen molar-refractivity contribution in [1.29, 1.82) is 0 Å². The van der Waals surface area contributed by atoms with E-state index in [0.717, 1.165) is 51.2 Å². The number of guanidine groups is 1. The molecular formula is C18H36N4O. The number of piperidine rings is 1. The molecule has 0 amide bonds. The first-order valence-electron chi connectivity index (χ1n) is 9.56. The average Bonchev–Trinajstić information content (AvgIpc) is 3.33. The first kappa shape index (κ1) is 18.5. The van der Waals surface area contributed by atoms with Crippen LogP contribution in [0.2, 0.25) is 0 Å². The minimum absolute atomic E-state index is 0.337. The Morgan fingerprint density at radius 3 is 2.57 bits per heavy atom. The second-order valence-electron chi connectivity index (χ2n) is 7.17. The summed E-state index contributed by atoms with van der Waals surface area (Å²) in [5.41, 5.74) is 0. The number of likely N-dealkylation sites (tertiary alicyclic amines) is 1. The summed E-state index contributed by atoms with van der Waals surface area (Å²) in [5, 5.41) is 7.01. The van der Waals surface area contributed by atoms with Gasteiger partial charge in [0, 0.05) is 38.8 Å². The van der Waals surface area contributed by atoms with Gasteiger partial charge in [0.05, 0.1) is 12.7 Å². The number of aliphatic imine (C=N–C) groups is 1. The van der Waals surface area contributed by atoms with E-state index in [-0.39, 0.29) is 0 Å². The third kappa shape index (κ3) is 8.02. The second kappa shape index (κ2) is 10.1. The van der Waals surface area contributed by atoms with E-state index in [1.165, 1.54) is 32.1 Å². The average molecular weight is 325 g/mol. The van der Waals surface area contributed by atoms with Gasteiger partial charge in [0.15, 0.2) is 5.96 Å². The van der Waals surface area contributed by atoms with Crippen molar-refractivity contribution in [3.8, 4) is 0 Å². The Balaban J connectivity index is 1.63. The molecule has 1 saturated heterocycles. The van der Waals surface area contributed by atoms with E-state index in [1.807, 2.05) is 0 Å². The molecular weight excluding hydrogens is 288 g/mol. The zero-order valence-corrected chi connectivity index (χ0v) is 15.3. The molecule has 0 aromatic heterocycles. The normalized spacial score (nSPS) is 21.0. The molecule has 0 unspecified atom stereocenters. The molecule has 1 heterocycles. The summed E-state index contributed by atoms with van der Waals surface area (Å²) >= 11 is 0. The standard InChI is InChI=1S/C18H36N4O/c1-4-19-18(20-10-7-16-5-6-16)21-17-8-11-22(12-9-17)13-14-23-15(2)3/h15-17H,4-14H2,1-3H3,(H2,19,20,21). The number of hydrogen-bond donors (Lipinski definition) is 2. The lowest BCUT2D eigenvalue weighted by atomic mass is 10.1. The number of hydrogen-bond acceptors (Lipinski definition) is 3. The van der Waals surface area contributed by atoms with Crippen LogP contribution in [0, 0.1) is 5.92 Å². The summed E-state index contributed by atoms with van der Waals surface area (Å²) in [6.07, 6.45) is 6.80. The summed E-state index contributed by atoms with van der Waals surface area (Å²) in [7, 11) is 0. The Bertz CT molecular complexity index is 347. The maximum Gasteiger partial charge on any atom is 0.191 e. The first-order chi connectivity index (χ1) is 11.2. The Hall–Kier alpha value is -0.810. The summed E-state index contributed by atoms with van der Waals surface area (Å²) < 4.78 is 5.65. The predicted octanol–water partition coefficient (Wildman–Crippen LogP) is 2.23. The van der Waals surface area contributed by atoms with Gasteiger partial charge in [-0.25, -0.2) is 0 Å². The molecule has 2 rings (SSSR count). The van der Waals surface area contributed by atoms with Gasteiger partial charge in [0.1, 0.15) is 0 Å². The van der Waals surface area contributed by atoms with Crippen molar-refractivity contribution in [3.63, 3.8) is 0 Å². The fourth-order valence-corrected chi connectivity index (χ4v) is 3.00. The Morgan fingerprint density at radius 2 is 1.96 bits per heavy atom. The summed E-state index contributed by atoms with van der Waals surface area (Å²) in [5.74, 6) is 1.97. The van der Waals surface area contributed by atoms with Crippen LogP contribution in [0.1, 0.15) is 52.9 Å². The van der Waals surface area contributed by atoms with Crippen LogP contribution in [0.5, 0.6) is 0 Å². The molecule has 1 aliphatic carbocycles. The van der Waals surface area contributed by atoms with Crippen LogP contribution in [-0.4, -0.2) is 62.3 Å². The molecule has 0 bridgehead atoms. The Labute approximate surface area is 142 Å². The van der Waals surface area contributed by atoms with Crippen LogP contribution in [0.4, 0.5) is 0 Å². The molecule has 5 heteroatoms. The zero-order valence-electron chi connectivity index (χ0n) is 15.3. The molecule has 0 atom stereocenters. The third-order valence-corrected chi connectivity index (χ3v) is 4.64. The Kier molecular flexibility index (Phi) is 8.17. The molecule has 23 heavy (non-hydrogen) atoms. The smallest absolute Gasteiger partial charge is 0.191 e. The van der Waals surface area contributed by atoms with Crippen molar-refractivity contribution in [2.24, 2.45) is 10.9 Å². The highest BCUT2D eigenvalue weighted by Crippen LogP contribution is 2.32. The third-order valence-electron chi connectivity index (χ3n) is 4.64. The maximum absolute atomic E-state index is 5.65. The number of rotatable bonds is 9. The van der Waals surface area contributed by atoms with E-state index in [1.54, 1.807) is 0 Å². The minimum Gasteiger partial charge on any atom is -0.377 e. The lowest BCUT2D eigenvalue weighted by Crippen LogP contribution is -2.49. The number of nitrogens with one attached hydrogen (secondary N) is 2. The molecule has 0 aromatic carbocycles. The van der Waals surface area contributed by atoms with Crippen LogP contribution in [0.15, 0.2) is 4.99 Å². The number of nitrogens with zero attached hydrogens (tertiary/aromatic N) is 2. The van der Waals surface area contributed by atoms with Gasteiger partial charge in [-0.3, -0.25) is 4.99 Å². The van der Waals surface area contributed by atoms with Gasteiger partial charge < -0.3 is 20.3 Å². The molecule has 2 N–H and O–H groups in total. The molecule has 5 nitrogen and oxygen atoms in total. The van der Waals surface area contributed by atoms with Gasteiger partial charge in [0.2, 0.25) is 0 Å². The monoisotopic (exact) mass is 324 g/mol. The highest BCUT2D eigenvalue weighted by atomic mass is 16.5. The molecule has 1 aliphatic heterocycles. The van der Waals surface area contributed by atoms with Crippen LogP contribution in [0.3, 0.4) is 0 Å². The van der Waals surface area contributed by atoms with E-state index >= 15 is 0 Å². The van der Waals surface area contributed by atoms with Crippen molar-refractivity contribution in [1.82, 2.24) is 15.5 Å². The molecule has 2 fully saturated rings. The molecule has 0 spiro atoms. The Morgan fingerprint density at radius 1 is 1.22 bits per heavy atom. The van der Waals surface area contributed by atoms with E-state index in [9.17, 15) is 0 Å². The van der Waals surface area contributed by atoms with Crippen LogP contribution in [0.25, 0.3) is 0 Å². The van der Waals surface area contributed by atoms with E-state index in [0.29, 0.717) is 12.1 Å². The summed E-state index contributed by atoms with van der Waals surface area (Å²) in [4.78, 5) is 7.25. The molecule has 134 valence electrons. The number of ether oxygens (including phenoxy) is 1. The lowest BCUT2D eigenvalue weighted by Gasteiger charge is -2.33. The SMILES string of the molecule is CCNC(=NCCC1CC1)NC1CCN(CCOC(C)C)CC1. The van der Waals surface area contributed by atoms with Crippen molar-refractivity contribution in [2.45, 2.75) is 65.0 Å². The van der Waals surface area contributed by atoms with Gasteiger partial charge in [-0.15, -0.1) is 0 Å². The van der Waals surface area contributed by atoms with Gasteiger partial charge in [-0.1, -0.05) is 12.8 Å². The van der Waals surface area contributed by atoms with Gasteiger partial charge in [-0.05, 0) is 46.0 Å². The van der Waals surface area contributed by atoms with Gasteiger partial charge >= 0.3 is 0 Å². The van der Waals surface area contributed by atoms with Gasteiger partial charge in [0.25, 0.3) is 0 Å². The lowest BCUT2D eigenvalue weighted by molar-refractivity contribution is 0.0532. The van der Waals surface area contributed by atoms with E-state index in [4.69, 9.17) is 9.73 Å². The fraction of sp³-hybridized carbons (Fsp3) is 0.944. The van der Waals surface area contributed by atoms with Crippen LogP contribution in [-0.2, 0) is 4.74 Å². The second-order valence-corrected chi connectivity index (χ2v) is 7.17. The highest BCUT2D eigenvalue weighted by molar-refractivity contribution is 5.80. The molecule has 0 radical (unpaired) electrons. The molecule has 2 aliphatic rings. The molecule has 0 aromatic rings. The molecule has 1 saturated carbocycles. The first-order valence-corrected chi connectivity index (χ1v) is 9.56. The van der Waals surface area contributed by atoms with Crippen molar-refractivity contribution in [2.75, 3.05) is 39.3 Å². The summed E-state index contributed by atoms with van der Waals surface area (Å²) in [6, 6.07) is 0.552. The minimum atomic E-state index is 0.337. The van der Waals surface area contributed by atoms with Crippen molar-refractivity contribution >= 4 is 5.96 Å². The zero-order chi connectivity index (χ0) is 16.5. The summed E-state index contributed by atoms with van der Waals surface area (Å²) in [6.45, 7) is 12.4. The van der Waals surface area contributed by atoms with Crippen LogP contribution >= 0.6 is 0 Å². The quantitative estimate of drug-likeness (QED) is 0.504. The largest absolute Gasteiger partial charge is 0.377 e. The van der Waals surface area contributed by atoms with Gasteiger partial charge in [-0.2, -0.15) is 0 Å². The maximum atomic E-state index is 5.65. The van der Waals surface area contributed by atoms with Crippen LogP contribution < -0.4 is 10.6 Å². The van der Waals surface area contributed by atoms with E-state index in [2.05, 4.69) is 36.3 Å². The topological polar surface area (TPSA) is 48.9 Å². The fourth-order valence-electron chi connectivity index (χ4n) is 3.00. The van der Waals surface area contributed by atoms with Crippen molar-refractivity contribution in [3.05, 3.63) is 0 Å². The van der Waals surface area contributed by atoms with Crippen molar-refractivity contribution < 1.29 is 4.74 Å². The van der Waals surface area contributed by atoms with E-state index < -0.39 is 0 Å².